The fraction of sp³-hybridized carbons (Fsp3) is 0.375. The van der Waals surface area contributed by atoms with E-state index < -0.39 is 0 Å². The van der Waals surface area contributed by atoms with E-state index in [4.69, 9.17) is 11.6 Å². The minimum Gasteiger partial charge on any atom is -0.241 e. The molecule has 1 aromatic heterocycles. The van der Waals surface area contributed by atoms with Crippen LogP contribution in [-0.2, 0) is 6.42 Å². The summed E-state index contributed by atoms with van der Waals surface area (Å²) in [5.74, 6) is 0. The van der Waals surface area contributed by atoms with Gasteiger partial charge in [-0.2, -0.15) is 0 Å². The molecule has 0 saturated heterocycles. The summed E-state index contributed by atoms with van der Waals surface area (Å²) < 4.78 is 0. The van der Waals surface area contributed by atoms with Crippen molar-refractivity contribution >= 4 is 11.6 Å². The van der Waals surface area contributed by atoms with E-state index in [0.29, 0.717) is 5.15 Å². The first-order chi connectivity index (χ1) is 4.74. The molecular weight excluding hydrogens is 146 g/mol. The summed E-state index contributed by atoms with van der Waals surface area (Å²) in [6.07, 6.45) is 1.02. The standard InChI is InChI=1S/C8H10ClN/c1-3-7-4-5-8(9)10-6(7)2/h4-5H,3H2,1-2H3. The molecule has 0 unspecified atom stereocenters. The van der Waals surface area contributed by atoms with Crippen molar-refractivity contribution in [3.05, 3.63) is 28.5 Å². The van der Waals surface area contributed by atoms with Gasteiger partial charge in [0.25, 0.3) is 0 Å². The SMILES string of the molecule is CCc1ccc(Cl)nc1C. The molecule has 1 aromatic rings. The molecule has 10 heavy (non-hydrogen) atoms. The van der Waals surface area contributed by atoms with Crippen LogP contribution in [0.3, 0.4) is 0 Å². The summed E-state index contributed by atoms with van der Waals surface area (Å²) >= 11 is 5.66. The fourth-order valence-electron chi connectivity index (χ4n) is 0.933. The van der Waals surface area contributed by atoms with Crippen molar-refractivity contribution in [2.75, 3.05) is 0 Å². The van der Waals surface area contributed by atoms with E-state index in [1.54, 1.807) is 0 Å². The van der Waals surface area contributed by atoms with Crippen molar-refractivity contribution in [1.29, 1.82) is 0 Å². The highest BCUT2D eigenvalue weighted by Gasteiger charge is 1.95. The molecule has 0 aliphatic carbocycles. The molecule has 0 atom stereocenters. The summed E-state index contributed by atoms with van der Waals surface area (Å²) in [5.41, 5.74) is 2.31. The van der Waals surface area contributed by atoms with Crippen LogP contribution >= 0.6 is 11.6 Å². The highest BCUT2D eigenvalue weighted by molar-refractivity contribution is 6.29. The van der Waals surface area contributed by atoms with Crippen molar-refractivity contribution < 1.29 is 0 Å². The molecule has 0 aliphatic rings. The van der Waals surface area contributed by atoms with Crippen LogP contribution in [0.2, 0.25) is 5.15 Å². The number of aryl methyl sites for hydroxylation is 2. The molecule has 0 aliphatic heterocycles. The first-order valence-electron chi connectivity index (χ1n) is 3.36. The summed E-state index contributed by atoms with van der Waals surface area (Å²) in [7, 11) is 0. The number of hydrogen-bond acceptors (Lipinski definition) is 1. The minimum absolute atomic E-state index is 0.578. The largest absolute Gasteiger partial charge is 0.241 e. The number of halogens is 1. The first-order valence-corrected chi connectivity index (χ1v) is 3.74. The Bertz CT molecular complexity index is 233. The van der Waals surface area contributed by atoms with Gasteiger partial charge in [-0.15, -0.1) is 0 Å². The molecule has 1 rings (SSSR count). The molecule has 1 heterocycles. The van der Waals surface area contributed by atoms with Crippen LogP contribution in [0.5, 0.6) is 0 Å². The lowest BCUT2D eigenvalue weighted by molar-refractivity contribution is 1.05. The maximum atomic E-state index is 5.66. The van der Waals surface area contributed by atoms with Crippen LogP contribution in [0, 0.1) is 6.92 Å². The molecule has 0 saturated carbocycles. The predicted molar refractivity (Wildman–Crippen MR) is 43.4 cm³/mol. The first kappa shape index (κ1) is 7.55. The predicted octanol–water partition coefficient (Wildman–Crippen LogP) is 2.61. The zero-order valence-corrected chi connectivity index (χ0v) is 6.94. The maximum absolute atomic E-state index is 5.66. The molecule has 54 valence electrons. The van der Waals surface area contributed by atoms with Crippen LogP contribution < -0.4 is 0 Å². The van der Waals surface area contributed by atoms with Gasteiger partial charge < -0.3 is 0 Å². The third-order valence-corrected chi connectivity index (χ3v) is 1.75. The van der Waals surface area contributed by atoms with Crippen LogP contribution in [0.1, 0.15) is 18.2 Å². The monoisotopic (exact) mass is 155 g/mol. The molecule has 0 fully saturated rings. The van der Waals surface area contributed by atoms with Gasteiger partial charge in [-0.25, -0.2) is 4.98 Å². The number of rotatable bonds is 1. The average molecular weight is 156 g/mol. The maximum Gasteiger partial charge on any atom is 0.129 e. The summed E-state index contributed by atoms with van der Waals surface area (Å²) in [5, 5.41) is 0.578. The van der Waals surface area contributed by atoms with Crippen molar-refractivity contribution in [2.24, 2.45) is 0 Å². The van der Waals surface area contributed by atoms with Gasteiger partial charge in [0, 0.05) is 5.69 Å². The summed E-state index contributed by atoms with van der Waals surface area (Å²) in [6.45, 7) is 4.09. The van der Waals surface area contributed by atoms with Gasteiger partial charge in [0.2, 0.25) is 0 Å². The Hall–Kier alpha value is -0.560. The molecule has 0 spiro atoms. The van der Waals surface area contributed by atoms with Gasteiger partial charge in [0.1, 0.15) is 5.15 Å². The van der Waals surface area contributed by atoms with Crippen molar-refractivity contribution in [3.63, 3.8) is 0 Å². The van der Waals surface area contributed by atoms with E-state index in [1.807, 2.05) is 19.1 Å². The van der Waals surface area contributed by atoms with E-state index in [9.17, 15) is 0 Å². The van der Waals surface area contributed by atoms with E-state index in [0.717, 1.165) is 12.1 Å². The highest BCUT2D eigenvalue weighted by atomic mass is 35.5. The Morgan fingerprint density at radius 3 is 2.70 bits per heavy atom. The van der Waals surface area contributed by atoms with Crippen LogP contribution in [0.4, 0.5) is 0 Å². The molecule has 1 nitrogen and oxygen atoms in total. The lowest BCUT2D eigenvalue weighted by atomic mass is 10.2. The molecule has 0 N–H and O–H groups in total. The average Bonchev–Trinajstić information content (AvgIpc) is 1.88. The smallest absolute Gasteiger partial charge is 0.129 e. The lowest BCUT2D eigenvalue weighted by Crippen LogP contribution is -1.89. The number of pyridine rings is 1. The molecule has 0 radical (unpaired) electrons. The van der Waals surface area contributed by atoms with E-state index in [1.165, 1.54) is 5.56 Å². The second-order valence-electron chi connectivity index (χ2n) is 2.23. The van der Waals surface area contributed by atoms with Crippen molar-refractivity contribution in [3.8, 4) is 0 Å². The Labute approximate surface area is 66.0 Å². The van der Waals surface area contributed by atoms with Crippen LogP contribution in [0.25, 0.3) is 0 Å². The van der Waals surface area contributed by atoms with Gasteiger partial charge in [-0.1, -0.05) is 24.6 Å². The van der Waals surface area contributed by atoms with Crippen LogP contribution in [0.15, 0.2) is 12.1 Å². The molecule has 0 bridgehead atoms. The normalized spacial score (nSPS) is 9.90. The lowest BCUT2D eigenvalue weighted by Gasteiger charge is -1.99. The summed E-state index contributed by atoms with van der Waals surface area (Å²) in [6, 6.07) is 3.85. The molecule has 0 aromatic carbocycles. The molecule has 2 heteroatoms. The Kier molecular flexibility index (Phi) is 2.28. The van der Waals surface area contributed by atoms with Crippen molar-refractivity contribution in [1.82, 2.24) is 4.98 Å². The van der Waals surface area contributed by atoms with Gasteiger partial charge in [0.15, 0.2) is 0 Å². The second-order valence-corrected chi connectivity index (χ2v) is 2.62. The molecule has 0 amide bonds. The topological polar surface area (TPSA) is 12.9 Å². The van der Waals surface area contributed by atoms with E-state index >= 15 is 0 Å². The Morgan fingerprint density at radius 2 is 2.20 bits per heavy atom. The van der Waals surface area contributed by atoms with E-state index in [-0.39, 0.29) is 0 Å². The van der Waals surface area contributed by atoms with Gasteiger partial charge in [-0.3, -0.25) is 0 Å². The second kappa shape index (κ2) is 3.02. The van der Waals surface area contributed by atoms with Crippen LogP contribution in [-0.4, -0.2) is 4.98 Å². The fourth-order valence-corrected chi connectivity index (χ4v) is 1.12. The number of hydrogen-bond donors (Lipinski definition) is 0. The quantitative estimate of drug-likeness (QED) is 0.569. The van der Waals surface area contributed by atoms with Gasteiger partial charge in [-0.05, 0) is 25.0 Å². The van der Waals surface area contributed by atoms with Crippen molar-refractivity contribution in [2.45, 2.75) is 20.3 Å². The molecular formula is C8H10ClN. The number of aromatic nitrogens is 1. The third kappa shape index (κ3) is 1.48. The van der Waals surface area contributed by atoms with E-state index in [2.05, 4.69) is 11.9 Å². The van der Waals surface area contributed by atoms with Gasteiger partial charge in [0.05, 0.1) is 0 Å². The zero-order chi connectivity index (χ0) is 7.56. The Morgan fingerprint density at radius 1 is 1.50 bits per heavy atom. The summed E-state index contributed by atoms with van der Waals surface area (Å²) in [4.78, 5) is 4.11. The zero-order valence-electron chi connectivity index (χ0n) is 6.19. The third-order valence-electron chi connectivity index (χ3n) is 1.54. The Balaban J connectivity index is 3.07. The highest BCUT2D eigenvalue weighted by Crippen LogP contribution is 2.10. The number of nitrogens with zero attached hydrogens (tertiary/aromatic N) is 1. The van der Waals surface area contributed by atoms with Gasteiger partial charge >= 0.3 is 0 Å². The minimum atomic E-state index is 0.578.